The van der Waals surface area contributed by atoms with Crippen LogP contribution >= 0.6 is 0 Å². The first-order valence-electron chi connectivity index (χ1n) is 5.42. The zero-order valence-corrected chi connectivity index (χ0v) is 10.6. The van der Waals surface area contributed by atoms with Crippen molar-refractivity contribution in [3.05, 3.63) is 28.3 Å². The molecule has 0 saturated heterocycles. The van der Waals surface area contributed by atoms with Gasteiger partial charge in [0.1, 0.15) is 11.7 Å². The molecule has 1 unspecified atom stereocenters. The second-order valence-electron chi connectivity index (χ2n) is 4.14. The quantitative estimate of drug-likeness (QED) is 0.839. The summed E-state index contributed by atoms with van der Waals surface area (Å²) in [5.74, 6) is -1.12. The minimum Gasteiger partial charge on any atom is -0.496 e. The Morgan fingerprint density at radius 3 is 2.35 bits per heavy atom. The van der Waals surface area contributed by atoms with Crippen LogP contribution in [0.3, 0.4) is 0 Å². The molecule has 94 valence electrons. The number of aliphatic hydroxyl groups excluding tert-OH is 1. The van der Waals surface area contributed by atoms with Gasteiger partial charge in [-0.15, -0.1) is 0 Å². The zero-order valence-electron chi connectivity index (χ0n) is 10.6. The summed E-state index contributed by atoms with van der Waals surface area (Å²) in [7, 11) is 1.59. The molecule has 0 bridgehead atoms. The molecule has 2 N–H and O–H groups in total. The maximum Gasteiger partial charge on any atom is 0.313 e. The third-order valence-electron chi connectivity index (χ3n) is 3.13. The molecule has 1 atom stereocenters. The van der Waals surface area contributed by atoms with E-state index in [0.717, 1.165) is 22.4 Å². The third kappa shape index (κ3) is 2.42. The number of carboxylic acids is 1. The first-order chi connectivity index (χ1) is 7.93. The number of carbonyl (C=O) groups is 1. The van der Waals surface area contributed by atoms with Crippen molar-refractivity contribution in [1.82, 2.24) is 0 Å². The maximum atomic E-state index is 11.1. The second kappa shape index (κ2) is 5.19. The van der Waals surface area contributed by atoms with Crippen LogP contribution in [-0.4, -0.2) is 29.9 Å². The molecule has 0 heterocycles. The van der Waals surface area contributed by atoms with Gasteiger partial charge in [0.2, 0.25) is 0 Å². The van der Waals surface area contributed by atoms with E-state index in [-0.39, 0.29) is 0 Å². The molecular formula is C13H18O4. The number of rotatable bonds is 4. The number of hydrogen-bond acceptors (Lipinski definition) is 3. The van der Waals surface area contributed by atoms with Crippen LogP contribution < -0.4 is 4.74 Å². The Kier molecular flexibility index (Phi) is 4.12. The zero-order chi connectivity index (χ0) is 13.2. The van der Waals surface area contributed by atoms with Crippen LogP contribution in [-0.2, 0) is 4.79 Å². The Morgan fingerprint density at radius 1 is 1.35 bits per heavy atom. The molecule has 0 aromatic heterocycles. The van der Waals surface area contributed by atoms with Crippen molar-refractivity contribution in [2.24, 2.45) is 0 Å². The second-order valence-corrected chi connectivity index (χ2v) is 4.14. The molecule has 0 aliphatic rings. The van der Waals surface area contributed by atoms with E-state index in [1.54, 1.807) is 13.2 Å². The summed E-state index contributed by atoms with van der Waals surface area (Å²) in [4.78, 5) is 11.1. The fourth-order valence-electron chi connectivity index (χ4n) is 2.08. The van der Waals surface area contributed by atoms with Crippen LogP contribution in [0.25, 0.3) is 0 Å². The van der Waals surface area contributed by atoms with Crippen molar-refractivity contribution >= 4 is 5.97 Å². The van der Waals surface area contributed by atoms with Gasteiger partial charge in [0, 0.05) is 0 Å². The SMILES string of the molecule is COc1c(C)cc(C(CO)C(=O)O)c(C)c1C. The van der Waals surface area contributed by atoms with E-state index in [9.17, 15) is 9.90 Å². The molecular weight excluding hydrogens is 220 g/mol. The highest BCUT2D eigenvalue weighted by molar-refractivity contribution is 5.77. The minimum absolute atomic E-state index is 0.401. The highest BCUT2D eigenvalue weighted by atomic mass is 16.5. The maximum absolute atomic E-state index is 11.1. The van der Waals surface area contributed by atoms with Crippen molar-refractivity contribution in [3.8, 4) is 5.75 Å². The van der Waals surface area contributed by atoms with Crippen molar-refractivity contribution in [3.63, 3.8) is 0 Å². The van der Waals surface area contributed by atoms with Crippen LogP contribution in [0.4, 0.5) is 0 Å². The molecule has 0 aliphatic heterocycles. The number of aliphatic hydroxyl groups is 1. The summed E-state index contributed by atoms with van der Waals surface area (Å²) in [6, 6.07) is 1.77. The van der Waals surface area contributed by atoms with Crippen LogP contribution in [0.5, 0.6) is 5.75 Å². The number of aliphatic carboxylic acids is 1. The molecule has 0 saturated carbocycles. The molecule has 0 amide bonds. The van der Waals surface area contributed by atoms with E-state index >= 15 is 0 Å². The molecule has 4 heteroatoms. The van der Waals surface area contributed by atoms with Gasteiger partial charge < -0.3 is 14.9 Å². The Morgan fingerprint density at radius 2 is 1.94 bits per heavy atom. The lowest BCUT2D eigenvalue weighted by atomic mass is 9.90. The van der Waals surface area contributed by atoms with E-state index in [1.807, 2.05) is 20.8 Å². The Labute approximate surface area is 101 Å². The van der Waals surface area contributed by atoms with Crippen molar-refractivity contribution in [2.45, 2.75) is 26.7 Å². The van der Waals surface area contributed by atoms with Gasteiger partial charge in [0.05, 0.1) is 13.7 Å². The molecule has 0 aliphatic carbocycles. The molecule has 17 heavy (non-hydrogen) atoms. The Hall–Kier alpha value is -1.55. The monoisotopic (exact) mass is 238 g/mol. The molecule has 0 spiro atoms. The van der Waals surface area contributed by atoms with Crippen LogP contribution in [0.15, 0.2) is 6.07 Å². The summed E-state index contributed by atoms with van der Waals surface area (Å²) in [6.07, 6.45) is 0. The summed E-state index contributed by atoms with van der Waals surface area (Å²) >= 11 is 0. The van der Waals surface area contributed by atoms with E-state index in [1.165, 1.54) is 0 Å². The van der Waals surface area contributed by atoms with E-state index in [2.05, 4.69) is 0 Å². The summed E-state index contributed by atoms with van der Waals surface area (Å²) < 4.78 is 5.28. The lowest BCUT2D eigenvalue weighted by Gasteiger charge is -2.18. The normalized spacial score (nSPS) is 12.3. The molecule has 0 radical (unpaired) electrons. The fourth-order valence-corrected chi connectivity index (χ4v) is 2.08. The van der Waals surface area contributed by atoms with Crippen molar-refractivity contribution in [2.75, 3.05) is 13.7 Å². The number of hydrogen-bond donors (Lipinski definition) is 2. The Balaban J connectivity index is 3.41. The average Bonchev–Trinajstić information content (AvgIpc) is 2.26. The molecule has 1 aromatic carbocycles. The predicted octanol–water partition coefficient (Wildman–Crippen LogP) is 1.78. The van der Waals surface area contributed by atoms with Crippen LogP contribution in [0.2, 0.25) is 0 Å². The third-order valence-corrected chi connectivity index (χ3v) is 3.13. The summed E-state index contributed by atoms with van der Waals surface area (Å²) in [5.41, 5.74) is 3.30. The Bertz CT molecular complexity index is 438. The minimum atomic E-state index is -1.01. The lowest BCUT2D eigenvalue weighted by Crippen LogP contribution is -2.17. The van der Waals surface area contributed by atoms with Crippen molar-refractivity contribution in [1.29, 1.82) is 0 Å². The highest BCUT2D eigenvalue weighted by Gasteiger charge is 2.23. The molecule has 1 aromatic rings. The van der Waals surface area contributed by atoms with Crippen molar-refractivity contribution < 1.29 is 19.7 Å². The molecule has 1 rings (SSSR count). The summed E-state index contributed by atoms with van der Waals surface area (Å²) in [5, 5.41) is 18.2. The van der Waals surface area contributed by atoms with E-state index in [4.69, 9.17) is 9.84 Å². The average molecular weight is 238 g/mol. The lowest BCUT2D eigenvalue weighted by molar-refractivity contribution is -0.139. The smallest absolute Gasteiger partial charge is 0.313 e. The van der Waals surface area contributed by atoms with E-state index < -0.39 is 18.5 Å². The largest absolute Gasteiger partial charge is 0.496 e. The topological polar surface area (TPSA) is 66.8 Å². The van der Waals surface area contributed by atoms with Gasteiger partial charge in [0.25, 0.3) is 0 Å². The van der Waals surface area contributed by atoms with Crippen LogP contribution in [0.1, 0.15) is 28.2 Å². The van der Waals surface area contributed by atoms with E-state index in [0.29, 0.717) is 5.56 Å². The molecule has 0 fully saturated rings. The number of methoxy groups -OCH3 is 1. The standard InChI is InChI=1S/C13H18O4/c1-7-5-10(11(6-14)13(15)16)8(2)9(3)12(7)17-4/h5,11,14H,6H2,1-4H3,(H,15,16). The van der Waals surface area contributed by atoms with Gasteiger partial charge in [0.15, 0.2) is 0 Å². The van der Waals surface area contributed by atoms with Gasteiger partial charge in [-0.1, -0.05) is 6.07 Å². The number of aryl methyl sites for hydroxylation is 1. The first-order valence-corrected chi connectivity index (χ1v) is 5.42. The van der Waals surface area contributed by atoms with Gasteiger partial charge in [-0.05, 0) is 43.0 Å². The van der Waals surface area contributed by atoms with Gasteiger partial charge in [-0.2, -0.15) is 0 Å². The first kappa shape index (κ1) is 13.5. The van der Waals surface area contributed by atoms with Crippen LogP contribution in [0, 0.1) is 20.8 Å². The molecule has 4 nitrogen and oxygen atoms in total. The predicted molar refractivity (Wildman–Crippen MR) is 64.7 cm³/mol. The van der Waals surface area contributed by atoms with Gasteiger partial charge in [-0.3, -0.25) is 4.79 Å². The fraction of sp³-hybridized carbons (Fsp3) is 0.462. The highest BCUT2D eigenvalue weighted by Crippen LogP contribution is 2.32. The number of ether oxygens (including phenoxy) is 1. The number of carboxylic acid groups (broad SMARTS) is 1. The van der Waals surface area contributed by atoms with Gasteiger partial charge >= 0.3 is 5.97 Å². The van der Waals surface area contributed by atoms with Gasteiger partial charge in [-0.25, -0.2) is 0 Å². The summed E-state index contributed by atoms with van der Waals surface area (Å²) in [6.45, 7) is 5.20. The number of benzene rings is 1.